The van der Waals surface area contributed by atoms with Gasteiger partial charge >= 0.3 is 0 Å². The lowest BCUT2D eigenvalue weighted by Crippen LogP contribution is -1.97. The number of ether oxygens (including phenoxy) is 1. The lowest BCUT2D eigenvalue weighted by Gasteiger charge is -2.07. The minimum Gasteiger partial charge on any atom is -0.494 e. The number of halogens is 1. The average Bonchev–Trinajstić information content (AvgIpc) is 2.75. The molecule has 0 aliphatic heterocycles. The number of unbranched alkanes of at least 4 members (excludes halogenated alkanes) is 7. The van der Waals surface area contributed by atoms with E-state index in [1.54, 1.807) is 12.1 Å². The maximum Gasteiger partial charge on any atom is 0.119 e. The van der Waals surface area contributed by atoms with E-state index < -0.39 is 0 Å². The first-order valence-corrected chi connectivity index (χ1v) is 10.8. The zero-order valence-corrected chi connectivity index (χ0v) is 17.8. The second-order valence-corrected chi connectivity index (χ2v) is 7.58. The van der Waals surface area contributed by atoms with Crippen LogP contribution in [-0.2, 0) is 0 Å². The maximum absolute atomic E-state index is 9.44. The Bertz CT molecular complexity index is 800. The second kappa shape index (κ2) is 13.6. The highest BCUT2D eigenvalue weighted by Gasteiger charge is 2.02. The predicted molar refractivity (Wildman–Crippen MR) is 124 cm³/mol. The Morgan fingerprint density at radius 1 is 0.897 bits per heavy atom. The lowest BCUT2D eigenvalue weighted by atomic mass is 10.0. The third-order valence-corrected chi connectivity index (χ3v) is 5.04. The number of allylic oxidation sites excluding steroid dienone is 2. The van der Waals surface area contributed by atoms with E-state index in [9.17, 15) is 5.26 Å². The highest BCUT2D eigenvalue weighted by atomic mass is 35.5. The molecule has 0 saturated heterocycles. The van der Waals surface area contributed by atoms with Gasteiger partial charge in [-0.15, -0.1) is 6.58 Å². The minimum atomic E-state index is 0.611. The summed E-state index contributed by atoms with van der Waals surface area (Å²) in [5, 5.41) is 10.1. The van der Waals surface area contributed by atoms with E-state index >= 15 is 0 Å². The molecule has 152 valence electrons. The highest BCUT2D eigenvalue weighted by Crippen LogP contribution is 2.21. The summed E-state index contributed by atoms with van der Waals surface area (Å²) in [5.41, 5.74) is 2.44. The normalized spacial score (nSPS) is 11.1. The van der Waals surface area contributed by atoms with Crippen molar-refractivity contribution in [3.8, 4) is 11.8 Å². The van der Waals surface area contributed by atoms with Crippen molar-refractivity contribution in [3.05, 3.63) is 77.3 Å². The van der Waals surface area contributed by atoms with Crippen molar-refractivity contribution in [2.75, 3.05) is 6.61 Å². The van der Waals surface area contributed by atoms with Gasteiger partial charge in [0.1, 0.15) is 5.75 Å². The number of rotatable bonds is 13. The lowest BCUT2D eigenvalue weighted by molar-refractivity contribution is 0.304. The molecule has 0 unspecified atom stereocenters. The summed E-state index contributed by atoms with van der Waals surface area (Å²) in [6.07, 6.45) is 13.8. The molecule has 0 spiro atoms. The van der Waals surface area contributed by atoms with Gasteiger partial charge in [0.2, 0.25) is 0 Å². The Labute approximate surface area is 180 Å². The molecular formula is C26H30ClNO. The number of nitrogens with zero attached hydrogens (tertiary/aromatic N) is 1. The van der Waals surface area contributed by atoms with Crippen molar-refractivity contribution in [1.29, 1.82) is 5.26 Å². The monoisotopic (exact) mass is 407 g/mol. The molecule has 0 aliphatic rings. The number of hydrogen-bond acceptors (Lipinski definition) is 2. The molecule has 29 heavy (non-hydrogen) atoms. The topological polar surface area (TPSA) is 33.0 Å². The van der Waals surface area contributed by atoms with Crippen LogP contribution in [0, 0.1) is 11.3 Å². The molecule has 0 saturated carbocycles. The number of hydrogen-bond donors (Lipinski definition) is 0. The van der Waals surface area contributed by atoms with Crippen LogP contribution >= 0.6 is 11.6 Å². The van der Waals surface area contributed by atoms with E-state index in [1.165, 1.54) is 38.5 Å². The predicted octanol–water partition coefficient (Wildman–Crippen LogP) is 8.09. The van der Waals surface area contributed by atoms with Gasteiger partial charge in [0.05, 0.1) is 18.2 Å². The van der Waals surface area contributed by atoms with Gasteiger partial charge in [0, 0.05) is 5.02 Å². The Balaban J connectivity index is 1.71. The standard InChI is InChI=1S/C26H30ClNO/c1-2-3-4-5-6-7-8-9-10-19-29-26-17-11-22(12-18-26)20-24(21-28)23-13-15-25(27)16-14-23/h2,11-18,20H,1,3-10,19H2/b24-20+. The van der Waals surface area contributed by atoms with Crippen LogP contribution < -0.4 is 4.74 Å². The van der Waals surface area contributed by atoms with Crippen LogP contribution in [0.2, 0.25) is 5.02 Å². The van der Waals surface area contributed by atoms with Crippen LogP contribution in [0.25, 0.3) is 11.6 Å². The van der Waals surface area contributed by atoms with Crippen LogP contribution in [-0.4, -0.2) is 6.61 Å². The largest absolute Gasteiger partial charge is 0.494 e. The zero-order valence-electron chi connectivity index (χ0n) is 17.1. The third-order valence-electron chi connectivity index (χ3n) is 4.79. The summed E-state index contributed by atoms with van der Waals surface area (Å²) in [6.45, 7) is 4.51. The molecule has 0 N–H and O–H groups in total. The van der Waals surface area contributed by atoms with Crippen LogP contribution in [0.1, 0.15) is 62.5 Å². The molecule has 2 nitrogen and oxygen atoms in total. The average molecular weight is 408 g/mol. The molecule has 0 aliphatic carbocycles. The summed E-state index contributed by atoms with van der Waals surface area (Å²) in [4.78, 5) is 0. The van der Waals surface area contributed by atoms with Crippen molar-refractivity contribution in [2.45, 2.75) is 51.4 Å². The molecule has 2 aromatic carbocycles. The van der Waals surface area contributed by atoms with E-state index in [4.69, 9.17) is 16.3 Å². The number of nitriles is 1. The first-order valence-electron chi connectivity index (χ1n) is 10.4. The maximum atomic E-state index is 9.44. The second-order valence-electron chi connectivity index (χ2n) is 7.15. The summed E-state index contributed by atoms with van der Waals surface area (Å²) < 4.78 is 5.84. The molecule has 0 aromatic heterocycles. The van der Waals surface area contributed by atoms with Crippen LogP contribution in [0.3, 0.4) is 0 Å². The van der Waals surface area contributed by atoms with Gasteiger partial charge in [-0.25, -0.2) is 0 Å². The van der Waals surface area contributed by atoms with Gasteiger partial charge in [-0.1, -0.05) is 74.0 Å². The minimum absolute atomic E-state index is 0.611. The zero-order chi connectivity index (χ0) is 20.7. The molecular weight excluding hydrogens is 378 g/mol. The van der Waals surface area contributed by atoms with E-state index in [2.05, 4.69) is 12.6 Å². The van der Waals surface area contributed by atoms with Crippen molar-refractivity contribution in [3.63, 3.8) is 0 Å². The van der Waals surface area contributed by atoms with Gasteiger partial charge in [-0.05, 0) is 60.7 Å². The fourth-order valence-electron chi connectivity index (χ4n) is 3.10. The Morgan fingerprint density at radius 3 is 2.14 bits per heavy atom. The first kappa shape index (κ1) is 22.8. The van der Waals surface area contributed by atoms with Gasteiger partial charge < -0.3 is 4.74 Å². The summed E-state index contributed by atoms with van der Waals surface area (Å²) >= 11 is 5.92. The van der Waals surface area contributed by atoms with Gasteiger partial charge in [0.15, 0.2) is 0 Å². The molecule has 0 heterocycles. The Kier molecular flexibility index (Phi) is 10.7. The van der Waals surface area contributed by atoms with E-state index in [1.807, 2.05) is 48.6 Å². The highest BCUT2D eigenvalue weighted by molar-refractivity contribution is 6.30. The molecule has 0 fully saturated rings. The molecule has 0 atom stereocenters. The Morgan fingerprint density at radius 2 is 1.52 bits per heavy atom. The summed E-state index contributed by atoms with van der Waals surface area (Å²) in [6, 6.07) is 17.4. The summed E-state index contributed by atoms with van der Waals surface area (Å²) in [7, 11) is 0. The van der Waals surface area contributed by atoms with Crippen LogP contribution in [0.15, 0.2) is 61.2 Å². The van der Waals surface area contributed by atoms with E-state index in [0.29, 0.717) is 10.6 Å². The molecule has 0 radical (unpaired) electrons. The van der Waals surface area contributed by atoms with Crippen molar-refractivity contribution in [1.82, 2.24) is 0 Å². The van der Waals surface area contributed by atoms with Crippen molar-refractivity contribution < 1.29 is 4.74 Å². The molecule has 0 bridgehead atoms. The van der Waals surface area contributed by atoms with Crippen molar-refractivity contribution in [2.24, 2.45) is 0 Å². The number of benzene rings is 2. The van der Waals surface area contributed by atoms with Gasteiger partial charge in [-0.3, -0.25) is 0 Å². The van der Waals surface area contributed by atoms with E-state index in [-0.39, 0.29) is 0 Å². The first-order chi connectivity index (χ1) is 14.2. The molecule has 3 heteroatoms. The van der Waals surface area contributed by atoms with Crippen LogP contribution in [0.5, 0.6) is 5.75 Å². The smallest absolute Gasteiger partial charge is 0.119 e. The Hall–Kier alpha value is -2.50. The quantitative estimate of drug-likeness (QED) is 0.145. The fourth-order valence-corrected chi connectivity index (χ4v) is 3.23. The van der Waals surface area contributed by atoms with Gasteiger partial charge in [0.25, 0.3) is 0 Å². The van der Waals surface area contributed by atoms with Crippen LogP contribution in [0.4, 0.5) is 0 Å². The van der Waals surface area contributed by atoms with Gasteiger partial charge in [-0.2, -0.15) is 5.26 Å². The third kappa shape index (κ3) is 9.03. The fraction of sp³-hybridized carbons (Fsp3) is 0.346. The molecule has 0 amide bonds. The molecule has 2 aromatic rings. The SMILES string of the molecule is C=CCCCCCCCCCOc1ccc(/C=C(\C#N)c2ccc(Cl)cc2)cc1. The van der Waals surface area contributed by atoms with E-state index in [0.717, 1.165) is 36.3 Å². The molecule has 2 rings (SSSR count). The van der Waals surface area contributed by atoms with Crippen molar-refractivity contribution >= 4 is 23.3 Å². The summed E-state index contributed by atoms with van der Waals surface area (Å²) in [5.74, 6) is 0.872.